The van der Waals surface area contributed by atoms with Gasteiger partial charge >= 0.3 is 0 Å². The number of aromatic nitrogens is 2. The molecule has 0 saturated heterocycles. The number of hydrogen-bond donors (Lipinski definition) is 1. The van der Waals surface area contributed by atoms with Crippen molar-refractivity contribution in [2.45, 2.75) is 26.6 Å². The van der Waals surface area contributed by atoms with Crippen LogP contribution in [0.15, 0.2) is 36.8 Å². The number of nitrogens with two attached hydrogens (primary N) is 1. The van der Waals surface area contributed by atoms with E-state index in [4.69, 9.17) is 5.73 Å². The first-order chi connectivity index (χ1) is 9.17. The lowest BCUT2D eigenvalue weighted by molar-refractivity contribution is 0.315. The van der Waals surface area contributed by atoms with E-state index in [0.717, 1.165) is 25.3 Å². The molecule has 0 unspecified atom stereocenters. The topological polar surface area (TPSA) is 47.1 Å². The minimum Gasteiger partial charge on any atom is -0.336 e. The van der Waals surface area contributed by atoms with Gasteiger partial charge in [-0.15, -0.1) is 0 Å². The maximum Gasteiger partial charge on any atom is 0.0950 e. The zero-order valence-corrected chi connectivity index (χ0v) is 11.7. The quantitative estimate of drug-likeness (QED) is 0.859. The molecule has 0 aliphatic rings. The zero-order chi connectivity index (χ0) is 13.7. The summed E-state index contributed by atoms with van der Waals surface area (Å²) < 4.78 is 2.04. The summed E-state index contributed by atoms with van der Waals surface area (Å²) in [5, 5.41) is 0. The van der Waals surface area contributed by atoms with Crippen molar-refractivity contribution in [1.29, 1.82) is 0 Å². The number of rotatable bonds is 6. The van der Waals surface area contributed by atoms with Crippen LogP contribution in [0.25, 0.3) is 0 Å². The maximum absolute atomic E-state index is 5.53. The van der Waals surface area contributed by atoms with Gasteiger partial charge in [0, 0.05) is 32.4 Å². The molecule has 102 valence electrons. The van der Waals surface area contributed by atoms with E-state index in [1.807, 2.05) is 10.9 Å². The molecular formula is C15H22N4. The standard InChI is InChI=1S/C15H22N4/c1-13-4-3-5-14(8-13)9-18(2)10-15-11-19(7-6-16)12-17-15/h3-5,8,11-12H,6-7,9-10,16H2,1-2H3. The van der Waals surface area contributed by atoms with Gasteiger partial charge in [0.2, 0.25) is 0 Å². The van der Waals surface area contributed by atoms with Gasteiger partial charge in [0.05, 0.1) is 12.0 Å². The van der Waals surface area contributed by atoms with Crippen LogP contribution in [0.4, 0.5) is 0 Å². The summed E-state index contributed by atoms with van der Waals surface area (Å²) in [6.07, 6.45) is 3.92. The average Bonchev–Trinajstić information content (AvgIpc) is 2.77. The van der Waals surface area contributed by atoms with Crippen LogP contribution >= 0.6 is 0 Å². The van der Waals surface area contributed by atoms with Gasteiger partial charge in [-0.05, 0) is 19.5 Å². The Morgan fingerprint density at radius 3 is 2.89 bits per heavy atom. The van der Waals surface area contributed by atoms with Crippen LogP contribution < -0.4 is 5.73 Å². The van der Waals surface area contributed by atoms with E-state index in [2.05, 4.69) is 54.3 Å². The maximum atomic E-state index is 5.53. The lowest BCUT2D eigenvalue weighted by Crippen LogP contribution is -2.17. The first-order valence-corrected chi connectivity index (χ1v) is 6.62. The highest BCUT2D eigenvalue weighted by atomic mass is 15.1. The monoisotopic (exact) mass is 258 g/mol. The lowest BCUT2D eigenvalue weighted by Gasteiger charge is -2.15. The number of imidazole rings is 1. The summed E-state index contributed by atoms with van der Waals surface area (Å²) in [5.74, 6) is 0. The molecule has 0 spiro atoms. The van der Waals surface area contributed by atoms with Crippen LogP contribution in [0, 0.1) is 6.92 Å². The average molecular weight is 258 g/mol. The van der Waals surface area contributed by atoms with E-state index < -0.39 is 0 Å². The molecular weight excluding hydrogens is 236 g/mol. The van der Waals surface area contributed by atoms with Crippen molar-refractivity contribution in [1.82, 2.24) is 14.5 Å². The normalized spacial score (nSPS) is 11.2. The summed E-state index contributed by atoms with van der Waals surface area (Å²) >= 11 is 0. The predicted octanol–water partition coefficient (Wildman–Crippen LogP) is 1.78. The molecule has 0 amide bonds. The smallest absolute Gasteiger partial charge is 0.0950 e. The Kier molecular flexibility index (Phi) is 4.71. The number of benzene rings is 1. The number of hydrogen-bond acceptors (Lipinski definition) is 3. The Labute approximate surface area is 114 Å². The molecule has 1 aromatic heterocycles. The van der Waals surface area contributed by atoms with Gasteiger partial charge < -0.3 is 10.3 Å². The molecule has 0 saturated carbocycles. The van der Waals surface area contributed by atoms with Crippen LogP contribution in [0.3, 0.4) is 0 Å². The van der Waals surface area contributed by atoms with Gasteiger partial charge in [0.25, 0.3) is 0 Å². The molecule has 0 aliphatic heterocycles. The molecule has 2 aromatic rings. The van der Waals surface area contributed by atoms with Crippen molar-refractivity contribution in [2.24, 2.45) is 5.73 Å². The predicted molar refractivity (Wildman–Crippen MR) is 77.6 cm³/mol. The number of aryl methyl sites for hydroxylation is 1. The van der Waals surface area contributed by atoms with E-state index in [9.17, 15) is 0 Å². The SMILES string of the molecule is Cc1cccc(CN(C)Cc2cn(CCN)cn2)c1. The molecule has 0 radical (unpaired) electrons. The summed E-state index contributed by atoms with van der Waals surface area (Å²) in [6.45, 7) is 5.39. The molecule has 19 heavy (non-hydrogen) atoms. The third-order valence-corrected chi connectivity index (χ3v) is 3.04. The Bertz CT molecular complexity index is 518. The van der Waals surface area contributed by atoms with E-state index in [1.54, 1.807) is 0 Å². The largest absolute Gasteiger partial charge is 0.336 e. The fourth-order valence-electron chi connectivity index (χ4n) is 2.21. The van der Waals surface area contributed by atoms with E-state index >= 15 is 0 Å². The lowest BCUT2D eigenvalue weighted by atomic mass is 10.1. The van der Waals surface area contributed by atoms with E-state index in [-0.39, 0.29) is 0 Å². The fourth-order valence-corrected chi connectivity index (χ4v) is 2.21. The molecule has 0 aliphatic carbocycles. The van der Waals surface area contributed by atoms with Crippen LogP contribution in [0.2, 0.25) is 0 Å². The molecule has 2 N–H and O–H groups in total. The van der Waals surface area contributed by atoms with E-state index in [1.165, 1.54) is 11.1 Å². The number of nitrogens with zero attached hydrogens (tertiary/aromatic N) is 3. The Morgan fingerprint density at radius 2 is 2.16 bits per heavy atom. The van der Waals surface area contributed by atoms with Gasteiger partial charge in [-0.1, -0.05) is 29.8 Å². The molecule has 1 aromatic carbocycles. The van der Waals surface area contributed by atoms with Crippen molar-refractivity contribution in [2.75, 3.05) is 13.6 Å². The van der Waals surface area contributed by atoms with Crippen LogP contribution in [0.5, 0.6) is 0 Å². The molecule has 0 atom stereocenters. The molecule has 0 fully saturated rings. The van der Waals surface area contributed by atoms with Gasteiger partial charge in [-0.25, -0.2) is 4.98 Å². The van der Waals surface area contributed by atoms with Crippen LogP contribution in [-0.4, -0.2) is 28.0 Å². The van der Waals surface area contributed by atoms with Crippen molar-refractivity contribution >= 4 is 0 Å². The second kappa shape index (κ2) is 6.50. The summed E-state index contributed by atoms with van der Waals surface area (Å²) in [7, 11) is 2.12. The third-order valence-electron chi connectivity index (χ3n) is 3.04. The summed E-state index contributed by atoms with van der Waals surface area (Å²) in [5.41, 5.74) is 9.26. The van der Waals surface area contributed by atoms with Crippen molar-refractivity contribution in [3.05, 3.63) is 53.6 Å². The summed E-state index contributed by atoms with van der Waals surface area (Å²) in [6, 6.07) is 8.62. The van der Waals surface area contributed by atoms with Gasteiger partial charge in [-0.2, -0.15) is 0 Å². The highest BCUT2D eigenvalue weighted by molar-refractivity contribution is 5.22. The van der Waals surface area contributed by atoms with Gasteiger partial charge in [0.15, 0.2) is 0 Å². The second-order valence-electron chi connectivity index (χ2n) is 5.05. The first kappa shape index (κ1) is 13.8. The highest BCUT2D eigenvalue weighted by Crippen LogP contribution is 2.09. The van der Waals surface area contributed by atoms with Crippen molar-refractivity contribution in [3.63, 3.8) is 0 Å². The van der Waals surface area contributed by atoms with Gasteiger partial charge in [0.1, 0.15) is 0 Å². The third kappa shape index (κ3) is 4.19. The molecule has 1 heterocycles. The highest BCUT2D eigenvalue weighted by Gasteiger charge is 2.04. The fraction of sp³-hybridized carbons (Fsp3) is 0.400. The first-order valence-electron chi connectivity index (χ1n) is 6.62. The van der Waals surface area contributed by atoms with E-state index in [0.29, 0.717) is 6.54 Å². The zero-order valence-electron chi connectivity index (χ0n) is 11.7. The molecule has 4 heteroatoms. The minimum atomic E-state index is 0.648. The molecule has 2 rings (SSSR count). The van der Waals surface area contributed by atoms with Crippen molar-refractivity contribution < 1.29 is 0 Å². The Hall–Kier alpha value is -1.65. The van der Waals surface area contributed by atoms with Crippen molar-refractivity contribution in [3.8, 4) is 0 Å². The molecule has 4 nitrogen and oxygen atoms in total. The van der Waals surface area contributed by atoms with Gasteiger partial charge in [-0.3, -0.25) is 4.90 Å². The van der Waals surface area contributed by atoms with Crippen LogP contribution in [-0.2, 0) is 19.6 Å². The minimum absolute atomic E-state index is 0.648. The van der Waals surface area contributed by atoms with Crippen LogP contribution in [0.1, 0.15) is 16.8 Å². The second-order valence-corrected chi connectivity index (χ2v) is 5.05. The summed E-state index contributed by atoms with van der Waals surface area (Å²) in [4.78, 5) is 6.67. The Balaban J connectivity index is 1.91. The Morgan fingerprint density at radius 1 is 1.32 bits per heavy atom. The molecule has 0 bridgehead atoms.